The van der Waals surface area contributed by atoms with Crippen LogP contribution in [-0.2, 0) is 18.9 Å². The Morgan fingerprint density at radius 3 is 2.33 bits per heavy atom. The second-order valence-electron chi connectivity index (χ2n) is 5.86. The van der Waals surface area contributed by atoms with Crippen molar-refractivity contribution in [2.24, 2.45) is 0 Å². The number of ether oxygens (including phenoxy) is 4. The molecule has 1 N–H and O–H groups in total. The third kappa shape index (κ3) is 5.29. The number of carbonyl (C=O) groups excluding carboxylic acids is 2. The fourth-order valence-corrected chi connectivity index (χ4v) is 2.56. The van der Waals surface area contributed by atoms with Crippen LogP contribution in [0.4, 0.5) is 10.5 Å². The number of nitrogens with one attached hydrogen (secondary N) is 1. The fraction of sp³-hybridized carbons (Fsp3) is 0.300. The van der Waals surface area contributed by atoms with Crippen molar-refractivity contribution in [1.29, 1.82) is 0 Å². The number of carbonyl (C=O) groups is 2. The second kappa shape index (κ2) is 9.16. The summed E-state index contributed by atoms with van der Waals surface area (Å²) in [6, 6.07) is 15.9. The summed E-state index contributed by atoms with van der Waals surface area (Å²) in [5, 5.41) is 2.61. The predicted octanol–water partition coefficient (Wildman–Crippen LogP) is 3.53. The number of rotatable bonds is 5. The van der Waals surface area contributed by atoms with Gasteiger partial charge in [0.2, 0.25) is 0 Å². The van der Waals surface area contributed by atoms with Crippen LogP contribution < -0.4 is 5.32 Å². The highest BCUT2D eigenvalue weighted by Crippen LogP contribution is 2.23. The Kier molecular flexibility index (Phi) is 6.40. The third-order valence-electron chi connectivity index (χ3n) is 3.85. The predicted molar refractivity (Wildman–Crippen MR) is 97.4 cm³/mol. The number of hydrogen-bond acceptors (Lipinski definition) is 6. The maximum Gasteiger partial charge on any atom is 0.412 e. The van der Waals surface area contributed by atoms with E-state index in [0.717, 1.165) is 5.56 Å². The molecule has 0 spiro atoms. The van der Waals surface area contributed by atoms with Gasteiger partial charge >= 0.3 is 12.1 Å². The molecule has 0 unspecified atom stereocenters. The van der Waals surface area contributed by atoms with Gasteiger partial charge in [0.05, 0.1) is 25.4 Å². The van der Waals surface area contributed by atoms with Crippen LogP contribution in [0.25, 0.3) is 0 Å². The second-order valence-corrected chi connectivity index (χ2v) is 5.86. The highest BCUT2D eigenvalue weighted by molar-refractivity contribution is 5.91. The van der Waals surface area contributed by atoms with Crippen molar-refractivity contribution in [1.82, 2.24) is 0 Å². The van der Waals surface area contributed by atoms with E-state index in [0.29, 0.717) is 17.9 Å². The minimum absolute atomic E-state index is 0.245. The van der Waals surface area contributed by atoms with Crippen LogP contribution in [0.15, 0.2) is 54.6 Å². The minimum atomic E-state index is -0.616. The summed E-state index contributed by atoms with van der Waals surface area (Å²) >= 11 is 0. The van der Waals surface area contributed by atoms with Gasteiger partial charge in [0.25, 0.3) is 0 Å². The molecule has 0 aliphatic carbocycles. The highest BCUT2D eigenvalue weighted by atomic mass is 16.7. The first kappa shape index (κ1) is 18.9. The molecule has 0 bridgehead atoms. The zero-order valence-corrected chi connectivity index (χ0v) is 14.9. The summed E-state index contributed by atoms with van der Waals surface area (Å²) in [6.45, 7) is 2.54. The summed E-state index contributed by atoms with van der Waals surface area (Å²) < 4.78 is 21.4. The lowest BCUT2D eigenvalue weighted by atomic mass is 10.2. The lowest BCUT2D eigenvalue weighted by Crippen LogP contribution is -2.36. The zero-order chi connectivity index (χ0) is 19.1. The molecule has 7 heteroatoms. The Morgan fingerprint density at radius 1 is 1.04 bits per heavy atom. The summed E-state index contributed by atoms with van der Waals surface area (Å²) in [5.41, 5.74) is 1.84. The molecule has 0 radical (unpaired) electrons. The zero-order valence-electron chi connectivity index (χ0n) is 14.9. The average molecular weight is 371 g/mol. The average Bonchev–Trinajstić information content (AvgIpc) is 2.70. The van der Waals surface area contributed by atoms with E-state index < -0.39 is 24.5 Å². The van der Waals surface area contributed by atoms with E-state index >= 15 is 0 Å². The Balaban J connectivity index is 1.45. The molecule has 0 saturated carbocycles. The topological polar surface area (TPSA) is 83.1 Å². The molecule has 1 amide bonds. The number of amides is 1. The van der Waals surface area contributed by atoms with Gasteiger partial charge in [0.1, 0.15) is 0 Å². The molecule has 3 rings (SSSR count). The molecule has 1 heterocycles. The van der Waals surface area contributed by atoms with Gasteiger partial charge in [0.15, 0.2) is 12.4 Å². The Bertz CT molecular complexity index is 754. The van der Waals surface area contributed by atoms with Gasteiger partial charge in [-0.1, -0.05) is 30.3 Å². The van der Waals surface area contributed by atoms with Crippen LogP contribution in [0.5, 0.6) is 0 Å². The molecule has 1 fully saturated rings. The molecule has 7 nitrogen and oxygen atoms in total. The van der Waals surface area contributed by atoms with Gasteiger partial charge in [0, 0.05) is 11.3 Å². The molecular weight excluding hydrogens is 350 g/mol. The number of hydrogen-bond donors (Lipinski definition) is 1. The SMILES string of the molecule is CCOC(=O)c1ccc(NC(=O)OC2COC(c3ccccc3)OC2)cc1. The first-order valence-corrected chi connectivity index (χ1v) is 8.68. The van der Waals surface area contributed by atoms with E-state index in [4.69, 9.17) is 18.9 Å². The van der Waals surface area contributed by atoms with Crippen LogP contribution in [0.3, 0.4) is 0 Å². The van der Waals surface area contributed by atoms with E-state index in [-0.39, 0.29) is 13.2 Å². The molecule has 0 atom stereocenters. The van der Waals surface area contributed by atoms with E-state index in [1.165, 1.54) is 0 Å². The van der Waals surface area contributed by atoms with Crippen molar-refractivity contribution in [3.63, 3.8) is 0 Å². The van der Waals surface area contributed by atoms with E-state index in [1.807, 2.05) is 30.3 Å². The summed E-state index contributed by atoms with van der Waals surface area (Å²) in [5.74, 6) is -0.406. The molecule has 0 aromatic heterocycles. The van der Waals surface area contributed by atoms with E-state index in [2.05, 4.69) is 5.32 Å². The highest BCUT2D eigenvalue weighted by Gasteiger charge is 2.26. The van der Waals surface area contributed by atoms with Crippen molar-refractivity contribution in [3.8, 4) is 0 Å². The summed E-state index contributed by atoms with van der Waals surface area (Å²) in [6.07, 6.45) is -1.57. The quantitative estimate of drug-likeness (QED) is 0.810. The molecule has 2 aromatic rings. The first-order valence-electron chi connectivity index (χ1n) is 8.68. The normalized spacial score (nSPS) is 19.1. The molecule has 1 saturated heterocycles. The van der Waals surface area contributed by atoms with Gasteiger partial charge in [-0.3, -0.25) is 5.32 Å². The van der Waals surface area contributed by atoms with Crippen LogP contribution in [0.2, 0.25) is 0 Å². The summed E-state index contributed by atoms with van der Waals surface area (Å²) in [7, 11) is 0. The number of benzene rings is 2. The van der Waals surface area contributed by atoms with Gasteiger partial charge in [-0.25, -0.2) is 9.59 Å². The first-order chi connectivity index (χ1) is 13.2. The fourth-order valence-electron chi connectivity index (χ4n) is 2.56. The standard InChI is InChI=1S/C20H21NO6/c1-2-24-18(22)14-8-10-16(11-9-14)21-20(23)27-17-12-25-19(26-13-17)15-6-4-3-5-7-15/h3-11,17,19H,2,12-13H2,1H3,(H,21,23). The van der Waals surface area contributed by atoms with Crippen molar-refractivity contribution >= 4 is 17.7 Å². The molecule has 2 aromatic carbocycles. The van der Waals surface area contributed by atoms with Crippen molar-refractivity contribution in [2.75, 3.05) is 25.1 Å². The number of anilines is 1. The maximum absolute atomic E-state index is 12.0. The van der Waals surface area contributed by atoms with E-state index in [9.17, 15) is 9.59 Å². The Morgan fingerprint density at radius 2 is 1.70 bits per heavy atom. The van der Waals surface area contributed by atoms with Crippen LogP contribution >= 0.6 is 0 Å². The van der Waals surface area contributed by atoms with Gasteiger partial charge in [-0.2, -0.15) is 0 Å². The van der Waals surface area contributed by atoms with Crippen LogP contribution in [0, 0.1) is 0 Å². The van der Waals surface area contributed by atoms with Crippen LogP contribution in [-0.4, -0.2) is 38.0 Å². The third-order valence-corrected chi connectivity index (χ3v) is 3.85. The van der Waals surface area contributed by atoms with Crippen LogP contribution in [0.1, 0.15) is 29.1 Å². The monoisotopic (exact) mass is 371 g/mol. The van der Waals surface area contributed by atoms with Gasteiger partial charge < -0.3 is 18.9 Å². The lowest BCUT2D eigenvalue weighted by Gasteiger charge is -2.29. The Hall–Kier alpha value is -2.90. The molecule has 1 aliphatic rings. The van der Waals surface area contributed by atoms with Crippen molar-refractivity contribution in [3.05, 3.63) is 65.7 Å². The minimum Gasteiger partial charge on any atom is -0.462 e. The Labute approximate surface area is 157 Å². The molecular formula is C20H21NO6. The van der Waals surface area contributed by atoms with Gasteiger partial charge in [-0.05, 0) is 31.2 Å². The van der Waals surface area contributed by atoms with Crippen molar-refractivity contribution < 1.29 is 28.5 Å². The maximum atomic E-state index is 12.0. The van der Waals surface area contributed by atoms with E-state index in [1.54, 1.807) is 31.2 Å². The number of esters is 1. The molecule has 1 aliphatic heterocycles. The van der Waals surface area contributed by atoms with Gasteiger partial charge in [-0.15, -0.1) is 0 Å². The summed E-state index contributed by atoms with van der Waals surface area (Å²) in [4.78, 5) is 23.6. The molecule has 27 heavy (non-hydrogen) atoms. The largest absolute Gasteiger partial charge is 0.462 e. The smallest absolute Gasteiger partial charge is 0.412 e. The van der Waals surface area contributed by atoms with Crippen molar-refractivity contribution in [2.45, 2.75) is 19.3 Å². The molecule has 142 valence electrons. The lowest BCUT2D eigenvalue weighted by molar-refractivity contribution is -0.219.